The number of aromatic hydroxyl groups is 1. The molecular weight excluding hydrogens is 659 g/mol. The smallest absolute Gasteiger partial charge is 0.244 e. The summed E-state index contributed by atoms with van der Waals surface area (Å²) in [5, 5.41) is 26.1. The summed E-state index contributed by atoms with van der Waals surface area (Å²) in [6.45, 7) is -0.0767. The molecule has 2 bridgehead atoms. The number of hydrogen-bond acceptors (Lipinski definition) is 10. The number of nitrogens with one attached hydrogen (secondary N) is 6. The second-order valence-corrected chi connectivity index (χ2v) is 15.1. The number of rotatable bonds is 8. The van der Waals surface area contributed by atoms with E-state index in [1.54, 1.807) is 12.1 Å². The lowest BCUT2D eigenvalue weighted by atomic mass is 9.84. The summed E-state index contributed by atoms with van der Waals surface area (Å²) >= 11 is 0. The van der Waals surface area contributed by atoms with Crippen molar-refractivity contribution >= 4 is 57.0 Å². The van der Waals surface area contributed by atoms with E-state index in [2.05, 4.69) is 31.9 Å². The lowest BCUT2D eigenvalue weighted by Crippen LogP contribution is -2.61. The van der Waals surface area contributed by atoms with Crippen molar-refractivity contribution in [3.63, 3.8) is 0 Å². The molecule has 1 saturated carbocycles. The molecule has 0 spiro atoms. The van der Waals surface area contributed by atoms with Crippen LogP contribution in [-0.4, -0.2) is 95.4 Å². The highest BCUT2D eigenvalue weighted by Gasteiger charge is 2.35. The van der Waals surface area contributed by atoms with Gasteiger partial charge in [-0.2, -0.15) is 0 Å². The van der Waals surface area contributed by atoms with Crippen LogP contribution in [-0.2, 0) is 35.2 Å². The average Bonchev–Trinajstić information content (AvgIpc) is 3.06. The molecule has 1 aromatic rings. The van der Waals surface area contributed by atoms with Crippen LogP contribution in [0.2, 0.25) is 0 Å². The standard InChI is InChI=1S/C32H47N7O7S2/c33-13-5-4-8-22-29(43)37-24(14-19-6-2-1-3-7-19)31(45)39-26-18-48-47-17-25(38-32(26)46)28(42)34-16-27(41)35-23(30(44)36-22)15-20-9-11-21(40)12-10-20/h9-12,19,22-26,40H,1-8,13-18,33H2,(H,34,42)(H,35,41)(H,36,44)(H,37,43)(H,38,46)(H,39,45)/t22-,23-,24-,25-,26-/m0/s1. The van der Waals surface area contributed by atoms with Crippen LogP contribution in [0.3, 0.4) is 0 Å². The summed E-state index contributed by atoms with van der Waals surface area (Å²) in [6.07, 6.45) is 6.78. The Hall–Kier alpha value is -3.50. The Morgan fingerprint density at radius 3 is 1.98 bits per heavy atom. The highest BCUT2D eigenvalue weighted by Crippen LogP contribution is 2.28. The van der Waals surface area contributed by atoms with Gasteiger partial charge in [-0.15, -0.1) is 0 Å². The molecule has 16 heteroatoms. The van der Waals surface area contributed by atoms with Crippen molar-refractivity contribution in [3.8, 4) is 5.75 Å². The van der Waals surface area contributed by atoms with Crippen molar-refractivity contribution in [2.24, 2.45) is 11.7 Å². The molecule has 1 aromatic carbocycles. The molecule has 2 saturated heterocycles. The highest BCUT2D eigenvalue weighted by atomic mass is 33.1. The SMILES string of the molecule is NCCCC[C@@H]1NC(=O)[C@H](Cc2ccc(O)cc2)NC(=O)CNC(=O)[C@@H]2CSSC[C@H](NC(=O)[C@H](CC3CCCCC3)NC1=O)C(=O)N2. The Bertz CT molecular complexity index is 1300. The number of nitrogens with two attached hydrogens (primary N) is 1. The third-order valence-electron chi connectivity index (χ3n) is 8.78. The van der Waals surface area contributed by atoms with Gasteiger partial charge in [-0.3, -0.25) is 28.8 Å². The molecule has 3 fully saturated rings. The summed E-state index contributed by atoms with van der Waals surface area (Å²) in [5.74, 6) is -2.72. The Labute approximate surface area is 288 Å². The largest absolute Gasteiger partial charge is 0.508 e. The van der Waals surface area contributed by atoms with Crippen LogP contribution in [0.1, 0.15) is 63.4 Å². The predicted molar refractivity (Wildman–Crippen MR) is 183 cm³/mol. The molecule has 2 heterocycles. The first-order valence-corrected chi connectivity index (χ1v) is 19.1. The van der Waals surface area contributed by atoms with Gasteiger partial charge in [0.1, 0.15) is 36.0 Å². The van der Waals surface area contributed by atoms with Crippen LogP contribution in [0.5, 0.6) is 5.75 Å². The van der Waals surface area contributed by atoms with Crippen molar-refractivity contribution in [2.45, 2.75) is 94.4 Å². The van der Waals surface area contributed by atoms with Gasteiger partial charge in [0.2, 0.25) is 35.4 Å². The Morgan fingerprint density at radius 1 is 0.688 bits per heavy atom. The molecule has 0 aromatic heterocycles. The molecule has 1 aliphatic carbocycles. The van der Waals surface area contributed by atoms with E-state index < -0.39 is 72.2 Å². The van der Waals surface area contributed by atoms with E-state index in [-0.39, 0.29) is 36.0 Å². The number of unbranched alkanes of at least 4 members (excludes halogenated alkanes) is 1. The Kier molecular flexibility index (Phi) is 14.7. The minimum atomic E-state index is -1.14. The predicted octanol–water partition coefficient (Wildman–Crippen LogP) is -0.0171. The van der Waals surface area contributed by atoms with Gasteiger partial charge in [0.25, 0.3) is 0 Å². The zero-order valence-corrected chi connectivity index (χ0v) is 28.6. The van der Waals surface area contributed by atoms with E-state index in [1.807, 2.05) is 0 Å². The molecule has 264 valence electrons. The van der Waals surface area contributed by atoms with E-state index in [1.165, 1.54) is 33.7 Å². The quantitative estimate of drug-likeness (QED) is 0.133. The number of hydrogen-bond donors (Lipinski definition) is 8. The molecule has 9 N–H and O–H groups in total. The molecule has 48 heavy (non-hydrogen) atoms. The Balaban J connectivity index is 1.64. The first-order valence-electron chi connectivity index (χ1n) is 16.6. The van der Waals surface area contributed by atoms with E-state index in [0.29, 0.717) is 31.4 Å². The van der Waals surface area contributed by atoms with Crippen molar-refractivity contribution in [1.82, 2.24) is 31.9 Å². The molecule has 5 atom stereocenters. The van der Waals surface area contributed by atoms with Gasteiger partial charge < -0.3 is 42.7 Å². The van der Waals surface area contributed by atoms with Gasteiger partial charge in [0.15, 0.2) is 0 Å². The fourth-order valence-electron chi connectivity index (χ4n) is 6.05. The molecule has 4 rings (SSSR count). The fourth-order valence-corrected chi connectivity index (χ4v) is 8.38. The van der Waals surface area contributed by atoms with Gasteiger partial charge in [-0.05, 0) is 55.8 Å². The lowest BCUT2D eigenvalue weighted by Gasteiger charge is -2.31. The minimum Gasteiger partial charge on any atom is -0.508 e. The summed E-state index contributed by atoms with van der Waals surface area (Å²) < 4.78 is 0. The van der Waals surface area contributed by atoms with Gasteiger partial charge in [-0.1, -0.05) is 65.8 Å². The molecule has 14 nitrogen and oxygen atoms in total. The van der Waals surface area contributed by atoms with Gasteiger partial charge in [0.05, 0.1) is 6.54 Å². The summed E-state index contributed by atoms with van der Waals surface area (Å²) in [4.78, 5) is 80.8. The monoisotopic (exact) mass is 705 g/mol. The Morgan fingerprint density at radius 2 is 1.29 bits per heavy atom. The molecule has 0 radical (unpaired) electrons. The number of phenols is 1. The van der Waals surface area contributed by atoms with Crippen molar-refractivity contribution in [3.05, 3.63) is 29.8 Å². The second kappa shape index (κ2) is 18.9. The maximum atomic E-state index is 13.9. The lowest BCUT2D eigenvalue weighted by molar-refractivity contribution is -0.135. The maximum absolute atomic E-state index is 13.9. The first-order chi connectivity index (χ1) is 23.1. The minimum absolute atomic E-state index is 0.0313. The van der Waals surface area contributed by atoms with E-state index in [9.17, 15) is 33.9 Å². The summed E-state index contributed by atoms with van der Waals surface area (Å²) in [6, 6.07) is 1.07. The van der Waals surface area contributed by atoms with E-state index in [4.69, 9.17) is 5.73 Å². The second-order valence-electron chi connectivity index (χ2n) is 12.5. The van der Waals surface area contributed by atoms with Crippen LogP contribution < -0.4 is 37.6 Å². The van der Waals surface area contributed by atoms with Gasteiger partial charge >= 0.3 is 0 Å². The van der Waals surface area contributed by atoms with Crippen LogP contribution in [0.4, 0.5) is 0 Å². The average molecular weight is 706 g/mol. The topological polar surface area (TPSA) is 221 Å². The zero-order valence-electron chi connectivity index (χ0n) is 27.0. The molecule has 0 unspecified atom stereocenters. The number of phenolic OH excluding ortho intramolecular Hbond substituents is 1. The molecule has 6 amide bonds. The van der Waals surface area contributed by atoms with Crippen LogP contribution in [0.25, 0.3) is 0 Å². The molecular formula is C32H47N7O7S2. The number of amides is 6. The van der Waals surface area contributed by atoms with Crippen LogP contribution in [0.15, 0.2) is 24.3 Å². The number of carbonyl (C=O) groups is 6. The fraction of sp³-hybridized carbons (Fsp3) is 0.625. The number of fused-ring (bicyclic) bond motifs is 3. The summed E-state index contributed by atoms with van der Waals surface area (Å²) in [5.41, 5.74) is 6.34. The number of carbonyl (C=O) groups excluding carboxylic acids is 6. The zero-order chi connectivity index (χ0) is 34.5. The van der Waals surface area contributed by atoms with Crippen molar-refractivity contribution in [2.75, 3.05) is 24.6 Å². The van der Waals surface area contributed by atoms with E-state index in [0.717, 1.165) is 32.1 Å². The third-order valence-corrected chi connectivity index (χ3v) is 11.2. The summed E-state index contributed by atoms with van der Waals surface area (Å²) in [7, 11) is 2.70. The maximum Gasteiger partial charge on any atom is 0.244 e. The van der Waals surface area contributed by atoms with Gasteiger partial charge in [-0.25, -0.2) is 0 Å². The first kappa shape index (κ1) is 37.3. The normalized spacial score (nSPS) is 27.1. The molecule has 3 aliphatic rings. The van der Waals surface area contributed by atoms with Crippen molar-refractivity contribution in [1.29, 1.82) is 0 Å². The van der Waals surface area contributed by atoms with Crippen molar-refractivity contribution < 1.29 is 33.9 Å². The van der Waals surface area contributed by atoms with Crippen LogP contribution >= 0.6 is 21.6 Å². The van der Waals surface area contributed by atoms with E-state index >= 15 is 0 Å². The highest BCUT2D eigenvalue weighted by molar-refractivity contribution is 8.76. The van der Waals surface area contributed by atoms with Gasteiger partial charge in [0, 0.05) is 17.9 Å². The van der Waals surface area contributed by atoms with Crippen LogP contribution in [0, 0.1) is 5.92 Å². The number of benzene rings is 1. The molecule has 2 aliphatic heterocycles. The third kappa shape index (κ3) is 11.6.